The molecule has 11 heteroatoms. The molecule has 0 radical (unpaired) electrons. The highest BCUT2D eigenvalue weighted by Gasteiger charge is 2.82. The Morgan fingerprint density at radius 3 is 1.59 bits per heavy atom. The maximum absolute atomic E-state index is 12.9. The lowest BCUT2D eigenvalue weighted by Crippen LogP contribution is -2.52. The monoisotopic (exact) mass is 279 g/mol. The Morgan fingerprint density at radius 1 is 0.941 bits per heavy atom. The Morgan fingerprint density at radius 2 is 1.35 bits per heavy atom. The van der Waals surface area contributed by atoms with Crippen molar-refractivity contribution in [3.63, 3.8) is 0 Å². The summed E-state index contributed by atoms with van der Waals surface area (Å²) in [6.45, 7) is -2.04. The zero-order valence-corrected chi connectivity index (χ0v) is 7.51. The normalized spacial score (nSPS) is 32.5. The molecule has 1 aliphatic heterocycles. The lowest BCUT2D eigenvalue weighted by molar-refractivity contribution is -0.294. The van der Waals surface area contributed by atoms with Crippen LogP contribution in [0.3, 0.4) is 0 Å². The van der Waals surface area contributed by atoms with Gasteiger partial charge in [-0.05, 0) is 0 Å². The third-order valence-electron chi connectivity index (χ3n) is 2.11. The Labute approximate surface area is 87.0 Å². The summed E-state index contributed by atoms with van der Waals surface area (Å²) in [6.07, 6.45) is -16.8. The van der Waals surface area contributed by atoms with E-state index in [0.717, 1.165) is 0 Å². The van der Waals surface area contributed by atoms with Crippen molar-refractivity contribution < 1.29 is 43.9 Å². The van der Waals surface area contributed by atoms with Gasteiger partial charge in [-0.2, -0.15) is 40.0 Å². The first-order valence-electron chi connectivity index (χ1n) is 3.86. The molecule has 3 unspecified atom stereocenters. The van der Waals surface area contributed by atoms with E-state index in [9.17, 15) is 43.9 Å². The van der Waals surface area contributed by atoms with Crippen LogP contribution in [0.4, 0.5) is 43.9 Å². The Hall–Kier alpha value is -0.740. The van der Waals surface area contributed by atoms with Gasteiger partial charge in [-0.15, -0.1) is 0 Å². The highest BCUT2D eigenvalue weighted by Crippen LogP contribution is 2.56. The minimum atomic E-state index is -6.15. The van der Waals surface area contributed by atoms with E-state index < -0.39 is 41.8 Å². The number of rotatable bonds is 2. The van der Waals surface area contributed by atoms with Crippen LogP contribution in [0.2, 0.25) is 0 Å². The molecule has 1 heterocycles. The molecule has 1 rings (SSSR count). The minimum absolute atomic E-state index is 1.50. The van der Waals surface area contributed by atoms with E-state index in [1.807, 2.05) is 0 Å². The summed E-state index contributed by atoms with van der Waals surface area (Å²) < 4.78 is 121. The van der Waals surface area contributed by atoms with Crippen LogP contribution in [0.1, 0.15) is 0 Å². The summed E-state index contributed by atoms with van der Waals surface area (Å²) >= 11 is 0. The summed E-state index contributed by atoms with van der Waals surface area (Å²) in [7, 11) is 0. The molecule has 0 aliphatic carbocycles. The van der Waals surface area contributed by atoms with Gasteiger partial charge >= 0.3 is 18.4 Å². The number of hydrogen-bond acceptors (Lipinski definition) is 1. The predicted octanol–water partition coefficient (Wildman–Crippen LogP) is 3.02. The van der Waals surface area contributed by atoms with Crippen molar-refractivity contribution in [2.45, 2.75) is 30.4 Å². The van der Waals surface area contributed by atoms with Crippen LogP contribution in [0.15, 0.2) is 0 Å². The third-order valence-corrected chi connectivity index (χ3v) is 2.11. The fourth-order valence-corrected chi connectivity index (χ4v) is 1.15. The van der Waals surface area contributed by atoms with Crippen molar-refractivity contribution in [1.29, 1.82) is 0 Å². The Balaban J connectivity index is 2.95. The van der Waals surface area contributed by atoms with Crippen molar-refractivity contribution in [3.8, 4) is 0 Å². The van der Waals surface area contributed by atoms with Crippen LogP contribution < -0.4 is 0 Å². The average Bonchev–Trinajstić information content (AvgIpc) is 2.76. The molecular formula is C6H3F10N. The maximum Gasteiger partial charge on any atom is 0.462 e. The van der Waals surface area contributed by atoms with Gasteiger partial charge in [-0.1, -0.05) is 0 Å². The van der Waals surface area contributed by atoms with Gasteiger partial charge in [0.05, 0.1) is 6.54 Å². The summed E-state index contributed by atoms with van der Waals surface area (Å²) in [5.74, 6) is -10.5. The van der Waals surface area contributed by atoms with Gasteiger partial charge in [0.15, 0.2) is 0 Å². The van der Waals surface area contributed by atoms with Crippen molar-refractivity contribution in [2.24, 2.45) is 0 Å². The van der Waals surface area contributed by atoms with Gasteiger partial charge in [0.1, 0.15) is 0 Å². The lowest BCUT2D eigenvalue weighted by atomic mass is 10.1. The van der Waals surface area contributed by atoms with Crippen molar-refractivity contribution in [3.05, 3.63) is 0 Å². The summed E-state index contributed by atoms with van der Waals surface area (Å²) in [6, 6.07) is 0. The second-order valence-corrected chi connectivity index (χ2v) is 3.34. The minimum Gasteiger partial charge on any atom is -0.230 e. The molecule has 0 bridgehead atoms. The zero-order chi connectivity index (χ0) is 13.9. The van der Waals surface area contributed by atoms with E-state index in [1.165, 1.54) is 0 Å². The van der Waals surface area contributed by atoms with E-state index in [4.69, 9.17) is 0 Å². The fraction of sp³-hybridized carbons (Fsp3) is 1.00. The number of nitrogens with zero attached hydrogens (tertiary/aromatic N) is 1. The third kappa shape index (κ3) is 2.16. The van der Waals surface area contributed by atoms with E-state index in [2.05, 4.69) is 0 Å². The largest absolute Gasteiger partial charge is 0.462 e. The quantitative estimate of drug-likeness (QED) is 0.426. The zero-order valence-electron chi connectivity index (χ0n) is 7.51. The molecule has 1 aliphatic rings. The second-order valence-electron chi connectivity index (χ2n) is 3.34. The number of hydrogen-bond donors (Lipinski definition) is 0. The van der Waals surface area contributed by atoms with Gasteiger partial charge in [-0.3, -0.25) is 0 Å². The van der Waals surface area contributed by atoms with E-state index in [1.54, 1.807) is 0 Å². The van der Waals surface area contributed by atoms with E-state index >= 15 is 0 Å². The van der Waals surface area contributed by atoms with Gasteiger partial charge in [0, 0.05) is 0 Å². The summed E-state index contributed by atoms with van der Waals surface area (Å²) in [5, 5.41) is 0. The van der Waals surface area contributed by atoms with E-state index in [0.29, 0.717) is 0 Å². The first kappa shape index (κ1) is 14.3. The molecule has 0 aromatic carbocycles. The van der Waals surface area contributed by atoms with Crippen molar-refractivity contribution in [1.82, 2.24) is 4.90 Å². The lowest BCUT2D eigenvalue weighted by Gasteiger charge is -2.26. The molecule has 0 N–H and O–H groups in total. The van der Waals surface area contributed by atoms with E-state index in [-0.39, 0.29) is 0 Å². The van der Waals surface area contributed by atoms with Gasteiger partial charge < -0.3 is 0 Å². The Kier molecular flexibility index (Phi) is 2.85. The van der Waals surface area contributed by atoms with Crippen LogP contribution in [0, 0.1) is 0 Å². The molecule has 0 spiro atoms. The van der Waals surface area contributed by atoms with Crippen LogP contribution >= 0.6 is 0 Å². The van der Waals surface area contributed by atoms with Crippen LogP contribution in [-0.4, -0.2) is 41.8 Å². The summed E-state index contributed by atoms with van der Waals surface area (Å²) in [4.78, 5) is -1.50. The first-order valence-corrected chi connectivity index (χ1v) is 3.86. The highest BCUT2D eigenvalue weighted by atomic mass is 19.4. The molecule has 102 valence electrons. The number of halogens is 10. The van der Waals surface area contributed by atoms with Crippen molar-refractivity contribution >= 4 is 0 Å². The molecule has 0 aromatic heterocycles. The fourth-order valence-electron chi connectivity index (χ4n) is 1.15. The van der Waals surface area contributed by atoms with Crippen LogP contribution in [0.25, 0.3) is 0 Å². The predicted molar refractivity (Wildman–Crippen MR) is 32.5 cm³/mol. The smallest absolute Gasteiger partial charge is 0.230 e. The Bertz CT molecular complexity index is 305. The topological polar surface area (TPSA) is 3.01 Å². The molecule has 0 saturated carbocycles. The van der Waals surface area contributed by atoms with Crippen molar-refractivity contribution in [2.75, 3.05) is 6.54 Å². The van der Waals surface area contributed by atoms with Gasteiger partial charge in [0.25, 0.3) is 12.0 Å². The molecule has 1 saturated heterocycles. The molecule has 3 atom stereocenters. The standard InChI is InChI=1S/C6H3F10N/c7-2(5(11,12)13)4(9,10)3(8)1-17(3)6(14,15)16/h2H,1H2. The van der Waals surface area contributed by atoms with Crippen LogP contribution in [0.5, 0.6) is 0 Å². The number of alkyl halides is 10. The molecular weight excluding hydrogens is 276 g/mol. The molecule has 17 heavy (non-hydrogen) atoms. The molecule has 1 nitrogen and oxygen atoms in total. The molecule has 0 aromatic rings. The summed E-state index contributed by atoms with van der Waals surface area (Å²) in [5.41, 5.74) is 0. The average molecular weight is 279 g/mol. The maximum atomic E-state index is 12.9. The first-order chi connectivity index (χ1) is 7.24. The molecule has 1 fully saturated rings. The molecule has 0 amide bonds. The highest BCUT2D eigenvalue weighted by molar-refractivity contribution is 5.12. The van der Waals surface area contributed by atoms with Gasteiger partial charge in [0.2, 0.25) is 0 Å². The van der Waals surface area contributed by atoms with Crippen LogP contribution in [-0.2, 0) is 0 Å². The van der Waals surface area contributed by atoms with Gasteiger partial charge in [-0.25, -0.2) is 8.78 Å². The second kappa shape index (κ2) is 3.39. The SMILES string of the molecule is FC(C(F)(F)F)C(F)(F)C1(F)CN1C(F)(F)F.